The predicted molar refractivity (Wildman–Crippen MR) is 112 cm³/mol. The van der Waals surface area contributed by atoms with Gasteiger partial charge in [0.25, 0.3) is 0 Å². The number of hydrogen-bond donors (Lipinski definition) is 1. The molecule has 0 aliphatic carbocycles. The Balaban J connectivity index is 1.35. The van der Waals surface area contributed by atoms with Crippen LogP contribution in [0.15, 0.2) is 48.9 Å². The maximum Gasteiger partial charge on any atom is 0.155 e. The second-order valence-electron chi connectivity index (χ2n) is 7.14. The maximum absolute atomic E-state index is 4.67. The number of hydrogen-bond acceptors (Lipinski definition) is 6. The maximum atomic E-state index is 4.67. The quantitative estimate of drug-likeness (QED) is 0.713. The number of aromatic nitrogens is 4. The molecule has 28 heavy (non-hydrogen) atoms. The SMILES string of the molecule is CCN1CCN(c2ccc(CNc3cccc(-n4cc(C)cn4)n3)cn2)CC1. The molecule has 4 heterocycles. The molecule has 4 rings (SSSR count). The lowest BCUT2D eigenvalue weighted by Crippen LogP contribution is -2.46. The van der Waals surface area contributed by atoms with E-state index in [9.17, 15) is 0 Å². The van der Waals surface area contributed by atoms with Crippen molar-refractivity contribution >= 4 is 11.6 Å². The van der Waals surface area contributed by atoms with Crippen molar-refractivity contribution in [1.29, 1.82) is 0 Å². The first-order valence-corrected chi connectivity index (χ1v) is 9.86. The van der Waals surface area contributed by atoms with Gasteiger partial charge in [-0.3, -0.25) is 0 Å². The van der Waals surface area contributed by atoms with Gasteiger partial charge >= 0.3 is 0 Å². The van der Waals surface area contributed by atoms with Crippen LogP contribution in [0.2, 0.25) is 0 Å². The molecule has 1 aliphatic heterocycles. The zero-order valence-corrected chi connectivity index (χ0v) is 16.5. The van der Waals surface area contributed by atoms with Crippen molar-refractivity contribution in [3.05, 3.63) is 60.0 Å². The largest absolute Gasteiger partial charge is 0.366 e. The van der Waals surface area contributed by atoms with Gasteiger partial charge in [0.2, 0.25) is 0 Å². The molecular weight excluding hydrogens is 350 g/mol. The summed E-state index contributed by atoms with van der Waals surface area (Å²) in [5.74, 6) is 2.69. The summed E-state index contributed by atoms with van der Waals surface area (Å²) in [6, 6.07) is 10.2. The van der Waals surface area contributed by atoms with Crippen LogP contribution in [0.3, 0.4) is 0 Å². The van der Waals surface area contributed by atoms with Gasteiger partial charge in [0, 0.05) is 45.1 Å². The zero-order valence-electron chi connectivity index (χ0n) is 16.5. The Morgan fingerprint density at radius 1 is 1.00 bits per heavy atom. The number of nitrogens with one attached hydrogen (secondary N) is 1. The molecule has 1 N–H and O–H groups in total. The van der Waals surface area contributed by atoms with Gasteiger partial charge in [-0.05, 0) is 42.8 Å². The van der Waals surface area contributed by atoms with Crippen LogP contribution in [0, 0.1) is 6.92 Å². The highest BCUT2D eigenvalue weighted by Gasteiger charge is 2.16. The minimum atomic E-state index is 0.686. The Labute approximate surface area is 166 Å². The number of anilines is 2. The minimum absolute atomic E-state index is 0.686. The Kier molecular flexibility index (Phi) is 5.53. The fourth-order valence-electron chi connectivity index (χ4n) is 3.38. The smallest absolute Gasteiger partial charge is 0.155 e. The van der Waals surface area contributed by atoms with Crippen LogP contribution in [-0.2, 0) is 6.54 Å². The van der Waals surface area contributed by atoms with Crippen LogP contribution in [-0.4, -0.2) is 57.4 Å². The van der Waals surface area contributed by atoms with E-state index in [0.29, 0.717) is 6.54 Å². The molecule has 1 saturated heterocycles. The molecule has 7 heteroatoms. The topological polar surface area (TPSA) is 62.1 Å². The summed E-state index contributed by atoms with van der Waals surface area (Å²) in [6.45, 7) is 10.4. The lowest BCUT2D eigenvalue weighted by Gasteiger charge is -2.34. The summed E-state index contributed by atoms with van der Waals surface area (Å²) in [7, 11) is 0. The molecule has 1 aliphatic rings. The Morgan fingerprint density at radius 2 is 1.86 bits per heavy atom. The van der Waals surface area contributed by atoms with E-state index in [1.807, 2.05) is 43.7 Å². The van der Waals surface area contributed by atoms with Crippen molar-refractivity contribution in [3.8, 4) is 5.82 Å². The molecule has 0 unspecified atom stereocenters. The van der Waals surface area contributed by atoms with Crippen molar-refractivity contribution < 1.29 is 0 Å². The first-order valence-electron chi connectivity index (χ1n) is 9.86. The minimum Gasteiger partial charge on any atom is -0.366 e. The molecule has 0 saturated carbocycles. The van der Waals surface area contributed by atoms with Crippen LogP contribution in [0.4, 0.5) is 11.6 Å². The third-order valence-corrected chi connectivity index (χ3v) is 5.11. The third-order valence-electron chi connectivity index (χ3n) is 5.11. The molecular formula is C21H27N7. The second-order valence-corrected chi connectivity index (χ2v) is 7.14. The number of likely N-dealkylation sites (N-methyl/N-ethyl adjacent to an activating group) is 1. The molecule has 1 fully saturated rings. The molecule has 0 bridgehead atoms. The van der Waals surface area contributed by atoms with Gasteiger partial charge in [-0.15, -0.1) is 0 Å². The predicted octanol–water partition coefficient (Wildman–Crippen LogP) is 2.72. The summed E-state index contributed by atoms with van der Waals surface area (Å²) in [5.41, 5.74) is 2.25. The monoisotopic (exact) mass is 377 g/mol. The van der Waals surface area contributed by atoms with E-state index in [1.54, 1.807) is 4.68 Å². The highest BCUT2D eigenvalue weighted by molar-refractivity contribution is 5.43. The average Bonchev–Trinajstić information content (AvgIpc) is 3.19. The number of piperazine rings is 1. The molecule has 0 aromatic carbocycles. The van der Waals surface area contributed by atoms with E-state index in [1.165, 1.54) is 0 Å². The van der Waals surface area contributed by atoms with Crippen molar-refractivity contribution in [2.75, 3.05) is 42.9 Å². The molecule has 0 radical (unpaired) electrons. The van der Waals surface area contributed by atoms with E-state index < -0.39 is 0 Å². The Morgan fingerprint density at radius 3 is 2.54 bits per heavy atom. The van der Waals surface area contributed by atoms with Crippen molar-refractivity contribution in [3.63, 3.8) is 0 Å². The Hall–Kier alpha value is -2.93. The number of pyridine rings is 2. The van der Waals surface area contributed by atoms with Crippen LogP contribution in [0.5, 0.6) is 0 Å². The van der Waals surface area contributed by atoms with Gasteiger partial charge in [0.05, 0.1) is 6.20 Å². The van der Waals surface area contributed by atoms with Crippen LogP contribution < -0.4 is 10.2 Å². The summed E-state index contributed by atoms with van der Waals surface area (Å²) in [4.78, 5) is 14.1. The van der Waals surface area contributed by atoms with Crippen molar-refractivity contribution in [2.24, 2.45) is 0 Å². The fourth-order valence-corrected chi connectivity index (χ4v) is 3.38. The standard InChI is InChI=1S/C21H27N7/c1-3-26-9-11-27(12-10-26)20-8-7-18(15-23-20)14-22-19-5-4-6-21(25-19)28-16-17(2)13-24-28/h4-8,13,15-16H,3,9-12,14H2,1-2H3,(H,22,25). The van der Waals surface area contributed by atoms with E-state index in [0.717, 1.165) is 61.3 Å². The van der Waals surface area contributed by atoms with Crippen LogP contribution in [0.25, 0.3) is 5.82 Å². The highest BCUT2D eigenvalue weighted by atomic mass is 15.3. The van der Waals surface area contributed by atoms with Gasteiger partial charge in [-0.25, -0.2) is 14.6 Å². The van der Waals surface area contributed by atoms with Gasteiger partial charge in [-0.1, -0.05) is 19.1 Å². The molecule has 7 nitrogen and oxygen atoms in total. The third kappa shape index (κ3) is 4.31. The lowest BCUT2D eigenvalue weighted by molar-refractivity contribution is 0.270. The molecule has 146 valence electrons. The van der Waals surface area contributed by atoms with Crippen LogP contribution >= 0.6 is 0 Å². The van der Waals surface area contributed by atoms with E-state index in [4.69, 9.17) is 0 Å². The summed E-state index contributed by atoms with van der Waals surface area (Å²) < 4.78 is 1.79. The molecule has 0 spiro atoms. The summed E-state index contributed by atoms with van der Waals surface area (Å²) in [6.07, 6.45) is 5.75. The Bertz CT molecular complexity index is 895. The number of nitrogens with zero attached hydrogens (tertiary/aromatic N) is 6. The normalized spacial score (nSPS) is 15.0. The molecule has 3 aromatic heterocycles. The highest BCUT2D eigenvalue weighted by Crippen LogP contribution is 2.15. The fraction of sp³-hybridized carbons (Fsp3) is 0.381. The summed E-state index contributed by atoms with van der Waals surface area (Å²) in [5, 5.41) is 7.70. The van der Waals surface area contributed by atoms with E-state index in [-0.39, 0.29) is 0 Å². The van der Waals surface area contributed by atoms with Crippen molar-refractivity contribution in [2.45, 2.75) is 20.4 Å². The van der Waals surface area contributed by atoms with Gasteiger partial charge in [-0.2, -0.15) is 5.10 Å². The molecule has 0 amide bonds. The van der Waals surface area contributed by atoms with E-state index >= 15 is 0 Å². The number of rotatable bonds is 6. The molecule has 0 atom stereocenters. The number of aryl methyl sites for hydroxylation is 1. The zero-order chi connectivity index (χ0) is 19.3. The van der Waals surface area contributed by atoms with Gasteiger partial charge < -0.3 is 15.1 Å². The van der Waals surface area contributed by atoms with Crippen molar-refractivity contribution in [1.82, 2.24) is 24.6 Å². The van der Waals surface area contributed by atoms with Crippen LogP contribution in [0.1, 0.15) is 18.1 Å². The first-order chi connectivity index (χ1) is 13.7. The van der Waals surface area contributed by atoms with Gasteiger partial charge in [0.1, 0.15) is 11.6 Å². The second kappa shape index (κ2) is 8.39. The first kappa shape index (κ1) is 18.4. The molecule has 3 aromatic rings. The lowest BCUT2D eigenvalue weighted by atomic mass is 10.2. The summed E-state index contributed by atoms with van der Waals surface area (Å²) >= 11 is 0. The average molecular weight is 377 g/mol. The van der Waals surface area contributed by atoms with E-state index in [2.05, 4.69) is 49.2 Å². The van der Waals surface area contributed by atoms with Gasteiger partial charge in [0.15, 0.2) is 5.82 Å².